The van der Waals surface area contributed by atoms with Gasteiger partial charge in [-0.2, -0.15) is 0 Å². The molecule has 0 bridgehead atoms. The van der Waals surface area contributed by atoms with E-state index in [1.807, 2.05) is 0 Å². The van der Waals surface area contributed by atoms with Crippen molar-refractivity contribution in [3.63, 3.8) is 0 Å². The summed E-state index contributed by atoms with van der Waals surface area (Å²) < 4.78 is 0. The Morgan fingerprint density at radius 3 is 2.50 bits per heavy atom. The highest BCUT2D eigenvalue weighted by Gasteiger charge is 2.20. The van der Waals surface area contributed by atoms with Crippen LogP contribution >= 0.6 is 0 Å². The highest BCUT2D eigenvalue weighted by Crippen LogP contribution is 2.25. The average molecular weight is 246 g/mol. The first-order valence-corrected chi connectivity index (χ1v) is 7.27. The van der Waals surface area contributed by atoms with Gasteiger partial charge in [-0.15, -0.1) is 0 Å². The molecule has 0 amide bonds. The molecule has 0 saturated carbocycles. The SMILES string of the molecule is CCC(c1ccccc1)N(C)CC1CCNCC1. The monoisotopic (exact) mass is 246 g/mol. The summed E-state index contributed by atoms with van der Waals surface area (Å²) in [5, 5.41) is 3.44. The normalized spacial score (nSPS) is 19.1. The van der Waals surface area contributed by atoms with Gasteiger partial charge < -0.3 is 5.32 Å². The van der Waals surface area contributed by atoms with Crippen molar-refractivity contribution in [2.24, 2.45) is 5.92 Å². The summed E-state index contributed by atoms with van der Waals surface area (Å²) in [5.41, 5.74) is 1.46. The fourth-order valence-electron chi connectivity index (χ4n) is 3.08. The Labute approximate surface area is 111 Å². The third-order valence-electron chi connectivity index (χ3n) is 4.11. The van der Waals surface area contributed by atoms with Crippen molar-refractivity contribution in [2.75, 3.05) is 26.7 Å². The van der Waals surface area contributed by atoms with Crippen LogP contribution in [0.25, 0.3) is 0 Å². The molecule has 0 radical (unpaired) electrons. The molecule has 1 aliphatic heterocycles. The lowest BCUT2D eigenvalue weighted by Gasteiger charge is -2.33. The van der Waals surface area contributed by atoms with Crippen molar-refractivity contribution in [3.05, 3.63) is 35.9 Å². The molecule has 2 heteroatoms. The van der Waals surface area contributed by atoms with Crippen molar-refractivity contribution in [1.29, 1.82) is 0 Å². The quantitative estimate of drug-likeness (QED) is 0.859. The lowest BCUT2D eigenvalue weighted by Crippen LogP contribution is -2.36. The molecule has 1 fully saturated rings. The van der Waals surface area contributed by atoms with Gasteiger partial charge in [-0.3, -0.25) is 4.90 Å². The first-order valence-electron chi connectivity index (χ1n) is 7.27. The van der Waals surface area contributed by atoms with E-state index in [0.717, 1.165) is 5.92 Å². The minimum Gasteiger partial charge on any atom is -0.317 e. The van der Waals surface area contributed by atoms with Gasteiger partial charge in [-0.05, 0) is 50.9 Å². The van der Waals surface area contributed by atoms with Gasteiger partial charge in [0.15, 0.2) is 0 Å². The molecule has 100 valence electrons. The predicted molar refractivity (Wildman–Crippen MR) is 77.7 cm³/mol. The van der Waals surface area contributed by atoms with E-state index in [1.54, 1.807) is 0 Å². The number of nitrogens with zero attached hydrogens (tertiary/aromatic N) is 1. The smallest absolute Gasteiger partial charge is 0.0342 e. The molecule has 1 aromatic carbocycles. The average Bonchev–Trinajstić information content (AvgIpc) is 2.42. The van der Waals surface area contributed by atoms with Crippen LogP contribution in [0.4, 0.5) is 0 Å². The maximum Gasteiger partial charge on any atom is 0.0342 e. The molecule has 1 saturated heterocycles. The maximum absolute atomic E-state index is 3.44. The fourth-order valence-corrected chi connectivity index (χ4v) is 3.08. The molecular weight excluding hydrogens is 220 g/mol. The summed E-state index contributed by atoms with van der Waals surface area (Å²) in [5.74, 6) is 0.869. The lowest BCUT2D eigenvalue weighted by atomic mass is 9.95. The Kier molecular flexibility index (Phi) is 5.21. The summed E-state index contributed by atoms with van der Waals surface area (Å²) in [6.07, 6.45) is 3.84. The van der Waals surface area contributed by atoms with Crippen LogP contribution < -0.4 is 5.32 Å². The lowest BCUT2D eigenvalue weighted by molar-refractivity contribution is 0.182. The number of rotatable bonds is 5. The summed E-state index contributed by atoms with van der Waals surface area (Å²) >= 11 is 0. The molecule has 18 heavy (non-hydrogen) atoms. The van der Waals surface area contributed by atoms with Crippen molar-refractivity contribution in [1.82, 2.24) is 10.2 Å². The Balaban J connectivity index is 1.94. The third-order valence-corrected chi connectivity index (χ3v) is 4.11. The van der Waals surface area contributed by atoms with Crippen LogP contribution in [-0.4, -0.2) is 31.6 Å². The Morgan fingerprint density at radius 1 is 1.22 bits per heavy atom. The van der Waals surface area contributed by atoms with Crippen LogP contribution in [0.15, 0.2) is 30.3 Å². The van der Waals surface area contributed by atoms with Crippen molar-refractivity contribution >= 4 is 0 Å². The minimum atomic E-state index is 0.570. The van der Waals surface area contributed by atoms with Gasteiger partial charge in [0.1, 0.15) is 0 Å². The van der Waals surface area contributed by atoms with Crippen LogP contribution in [0, 0.1) is 5.92 Å². The van der Waals surface area contributed by atoms with Gasteiger partial charge in [-0.25, -0.2) is 0 Å². The van der Waals surface area contributed by atoms with Crippen LogP contribution in [0.5, 0.6) is 0 Å². The van der Waals surface area contributed by atoms with Gasteiger partial charge in [0.2, 0.25) is 0 Å². The van der Waals surface area contributed by atoms with Gasteiger partial charge in [0.05, 0.1) is 0 Å². The zero-order chi connectivity index (χ0) is 12.8. The van der Waals surface area contributed by atoms with Crippen LogP contribution in [0.1, 0.15) is 37.8 Å². The van der Waals surface area contributed by atoms with Crippen molar-refractivity contribution in [3.8, 4) is 0 Å². The zero-order valence-corrected chi connectivity index (χ0v) is 11.7. The molecule has 1 unspecified atom stereocenters. The first-order chi connectivity index (χ1) is 8.81. The van der Waals surface area contributed by atoms with Crippen LogP contribution in [0.3, 0.4) is 0 Å². The Hall–Kier alpha value is -0.860. The van der Waals surface area contributed by atoms with E-state index in [9.17, 15) is 0 Å². The molecular formula is C16H26N2. The van der Waals surface area contributed by atoms with Gasteiger partial charge in [-0.1, -0.05) is 37.3 Å². The predicted octanol–water partition coefficient (Wildman–Crippen LogP) is 3.07. The molecule has 1 heterocycles. The topological polar surface area (TPSA) is 15.3 Å². The molecule has 1 N–H and O–H groups in total. The fraction of sp³-hybridized carbons (Fsp3) is 0.625. The molecule has 0 aliphatic carbocycles. The second kappa shape index (κ2) is 6.91. The molecule has 0 spiro atoms. The number of piperidine rings is 1. The molecule has 1 atom stereocenters. The summed E-state index contributed by atoms with van der Waals surface area (Å²) in [7, 11) is 2.28. The number of hydrogen-bond acceptors (Lipinski definition) is 2. The van der Waals surface area contributed by atoms with E-state index in [4.69, 9.17) is 0 Å². The van der Waals surface area contributed by atoms with Crippen molar-refractivity contribution < 1.29 is 0 Å². The second-order valence-electron chi connectivity index (χ2n) is 5.47. The summed E-state index contributed by atoms with van der Waals surface area (Å²) in [4.78, 5) is 2.55. The molecule has 2 nitrogen and oxygen atoms in total. The highest BCUT2D eigenvalue weighted by molar-refractivity contribution is 5.18. The number of nitrogens with one attached hydrogen (secondary N) is 1. The largest absolute Gasteiger partial charge is 0.317 e. The van der Waals surface area contributed by atoms with Crippen molar-refractivity contribution in [2.45, 2.75) is 32.2 Å². The number of benzene rings is 1. The van der Waals surface area contributed by atoms with Gasteiger partial charge in [0, 0.05) is 12.6 Å². The van der Waals surface area contributed by atoms with Gasteiger partial charge >= 0.3 is 0 Å². The molecule has 1 aliphatic rings. The third kappa shape index (κ3) is 3.56. The molecule has 1 aromatic rings. The maximum atomic E-state index is 3.44. The van der Waals surface area contributed by atoms with Gasteiger partial charge in [0.25, 0.3) is 0 Å². The number of hydrogen-bond donors (Lipinski definition) is 1. The van der Waals surface area contributed by atoms with E-state index in [0.29, 0.717) is 6.04 Å². The van der Waals surface area contributed by atoms with Crippen LogP contribution in [-0.2, 0) is 0 Å². The van der Waals surface area contributed by atoms with E-state index in [-0.39, 0.29) is 0 Å². The molecule has 2 rings (SSSR count). The zero-order valence-electron chi connectivity index (χ0n) is 11.7. The Bertz CT molecular complexity index is 330. The Morgan fingerprint density at radius 2 is 1.89 bits per heavy atom. The summed E-state index contributed by atoms with van der Waals surface area (Å²) in [6.45, 7) is 5.91. The molecule has 0 aromatic heterocycles. The van der Waals surface area contributed by atoms with E-state index in [1.165, 1.54) is 44.5 Å². The highest BCUT2D eigenvalue weighted by atomic mass is 15.1. The van der Waals surface area contributed by atoms with E-state index in [2.05, 4.69) is 54.5 Å². The first kappa shape index (κ1) is 13.6. The minimum absolute atomic E-state index is 0.570. The second-order valence-corrected chi connectivity index (χ2v) is 5.47. The van der Waals surface area contributed by atoms with E-state index < -0.39 is 0 Å². The summed E-state index contributed by atoms with van der Waals surface area (Å²) in [6, 6.07) is 11.5. The van der Waals surface area contributed by atoms with Crippen LogP contribution in [0.2, 0.25) is 0 Å². The standard InChI is InChI=1S/C16H26N2/c1-3-16(15-7-5-4-6-8-15)18(2)13-14-9-11-17-12-10-14/h4-8,14,16-17H,3,9-13H2,1-2H3. The van der Waals surface area contributed by atoms with E-state index >= 15 is 0 Å².